The fourth-order valence-electron chi connectivity index (χ4n) is 1.27. The molecule has 0 fully saturated rings. The lowest BCUT2D eigenvalue weighted by atomic mass is 10.2. The molecule has 0 bridgehead atoms. The molecule has 1 aromatic heterocycles. The van der Waals surface area contributed by atoms with Crippen molar-refractivity contribution in [2.45, 2.75) is 0 Å². The maximum absolute atomic E-state index is 5.95. The Hall–Kier alpha value is -1.39. The molecule has 0 unspecified atom stereocenters. The van der Waals surface area contributed by atoms with Gasteiger partial charge in [-0.2, -0.15) is 0 Å². The lowest BCUT2D eigenvalue weighted by molar-refractivity contribution is 0.271. The zero-order valence-electron chi connectivity index (χ0n) is 7.49. The molecule has 0 aliphatic rings. The first-order valence-corrected chi connectivity index (χ1v) is 4.39. The van der Waals surface area contributed by atoms with E-state index in [0.29, 0.717) is 5.15 Å². The van der Waals surface area contributed by atoms with Crippen molar-refractivity contribution in [3.63, 3.8) is 0 Å². The molecular formula is C9H8ClN3O. The normalized spacial score (nSPS) is 10.4. The van der Waals surface area contributed by atoms with Gasteiger partial charge in [-0.25, -0.2) is 9.97 Å². The highest BCUT2D eigenvalue weighted by molar-refractivity contribution is 6.35. The highest BCUT2D eigenvalue weighted by Gasteiger charge is 2.05. The summed E-state index contributed by atoms with van der Waals surface area (Å²) in [5, 5.41) is 1.17. The fraction of sp³-hybridized carbons (Fsp3) is 0.111. The predicted octanol–water partition coefficient (Wildman–Crippen LogP) is 2.26. The molecule has 1 aromatic carbocycles. The van der Waals surface area contributed by atoms with Crippen molar-refractivity contribution in [3.8, 4) is 0 Å². The van der Waals surface area contributed by atoms with Crippen LogP contribution in [0, 0.1) is 0 Å². The summed E-state index contributed by atoms with van der Waals surface area (Å²) in [6, 6.07) is 5.58. The van der Waals surface area contributed by atoms with Gasteiger partial charge >= 0.3 is 0 Å². The van der Waals surface area contributed by atoms with E-state index in [-0.39, 0.29) is 0 Å². The highest BCUT2D eigenvalue weighted by atomic mass is 35.5. The van der Waals surface area contributed by atoms with Crippen LogP contribution in [0.4, 0.5) is 5.69 Å². The van der Waals surface area contributed by atoms with Crippen LogP contribution in [0.1, 0.15) is 0 Å². The summed E-state index contributed by atoms with van der Waals surface area (Å²) in [5.41, 5.74) is 4.27. The molecule has 0 aliphatic carbocycles. The number of nitrogens with zero attached hydrogens (tertiary/aromatic N) is 2. The summed E-state index contributed by atoms with van der Waals surface area (Å²) in [4.78, 5) is 12.8. The molecular weight excluding hydrogens is 202 g/mol. The Morgan fingerprint density at radius 1 is 1.36 bits per heavy atom. The zero-order valence-corrected chi connectivity index (χ0v) is 8.25. The predicted molar refractivity (Wildman–Crippen MR) is 55.2 cm³/mol. The van der Waals surface area contributed by atoms with Crippen molar-refractivity contribution in [2.24, 2.45) is 0 Å². The van der Waals surface area contributed by atoms with Crippen LogP contribution >= 0.6 is 11.6 Å². The van der Waals surface area contributed by atoms with Crippen molar-refractivity contribution in [1.82, 2.24) is 9.97 Å². The second kappa shape index (κ2) is 3.77. The number of halogens is 1. The van der Waals surface area contributed by atoms with Gasteiger partial charge in [0, 0.05) is 0 Å². The van der Waals surface area contributed by atoms with Crippen molar-refractivity contribution in [1.29, 1.82) is 0 Å². The number of aromatic nitrogens is 2. The summed E-state index contributed by atoms with van der Waals surface area (Å²) in [7, 11) is 1.54. The maximum Gasteiger partial charge on any atom is 0.142 e. The lowest BCUT2D eigenvalue weighted by Crippen LogP contribution is -1.97. The minimum absolute atomic E-state index is 0.412. The van der Waals surface area contributed by atoms with Crippen molar-refractivity contribution >= 4 is 28.2 Å². The minimum atomic E-state index is 0.412. The van der Waals surface area contributed by atoms with Gasteiger partial charge in [0.2, 0.25) is 0 Å². The second-order valence-corrected chi connectivity index (χ2v) is 3.03. The molecule has 2 rings (SSSR count). The summed E-state index contributed by atoms with van der Waals surface area (Å²) < 4.78 is 0. The first kappa shape index (κ1) is 9.18. The average molecular weight is 210 g/mol. The molecule has 14 heavy (non-hydrogen) atoms. The second-order valence-electron chi connectivity index (χ2n) is 2.67. The standard InChI is InChI=1S/C9H8ClN3O/c1-14-13-7-4-2-3-6-8(7)9(10)12-5-11-6/h2-5,13H,1H3. The summed E-state index contributed by atoms with van der Waals surface area (Å²) in [5.74, 6) is 0. The molecule has 0 saturated carbocycles. The van der Waals surface area contributed by atoms with Crippen molar-refractivity contribution in [3.05, 3.63) is 29.7 Å². The molecule has 2 aromatic rings. The third-order valence-corrected chi connectivity index (χ3v) is 2.12. The number of rotatable bonds is 2. The zero-order chi connectivity index (χ0) is 9.97. The van der Waals surface area contributed by atoms with E-state index >= 15 is 0 Å². The third-order valence-electron chi connectivity index (χ3n) is 1.83. The Labute approximate surface area is 85.8 Å². The largest absolute Gasteiger partial charge is 0.279 e. The van der Waals surface area contributed by atoms with Crippen LogP contribution in [-0.4, -0.2) is 17.1 Å². The number of hydrogen-bond donors (Lipinski definition) is 1. The number of hydrogen-bond acceptors (Lipinski definition) is 4. The van der Waals surface area contributed by atoms with E-state index in [1.54, 1.807) is 0 Å². The van der Waals surface area contributed by atoms with E-state index in [0.717, 1.165) is 16.6 Å². The van der Waals surface area contributed by atoms with Crippen molar-refractivity contribution in [2.75, 3.05) is 12.6 Å². The molecule has 0 radical (unpaired) electrons. The number of nitrogens with one attached hydrogen (secondary N) is 1. The van der Waals surface area contributed by atoms with Crippen molar-refractivity contribution < 1.29 is 4.84 Å². The Morgan fingerprint density at radius 3 is 3.00 bits per heavy atom. The number of fused-ring (bicyclic) bond motifs is 1. The number of anilines is 1. The molecule has 1 N–H and O–H groups in total. The van der Waals surface area contributed by atoms with Gasteiger partial charge in [-0.3, -0.25) is 10.3 Å². The Kier molecular flexibility index (Phi) is 2.47. The van der Waals surface area contributed by atoms with Gasteiger partial charge in [-0.15, -0.1) is 0 Å². The van der Waals surface area contributed by atoms with Crippen LogP contribution in [0.3, 0.4) is 0 Å². The van der Waals surface area contributed by atoms with E-state index in [1.807, 2.05) is 18.2 Å². The Balaban J connectivity index is 2.71. The number of benzene rings is 1. The van der Waals surface area contributed by atoms with E-state index in [4.69, 9.17) is 16.4 Å². The van der Waals surface area contributed by atoms with Gasteiger partial charge in [0.1, 0.15) is 11.5 Å². The summed E-state index contributed by atoms with van der Waals surface area (Å²) >= 11 is 5.95. The van der Waals surface area contributed by atoms with Gasteiger partial charge in [-0.1, -0.05) is 17.7 Å². The van der Waals surface area contributed by atoms with Crippen LogP contribution < -0.4 is 5.48 Å². The van der Waals surface area contributed by atoms with Gasteiger partial charge in [-0.05, 0) is 12.1 Å². The van der Waals surface area contributed by atoms with Gasteiger partial charge < -0.3 is 0 Å². The fourth-order valence-corrected chi connectivity index (χ4v) is 1.51. The van der Waals surface area contributed by atoms with Crippen LogP contribution in [0.5, 0.6) is 0 Å². The molecule has 72 valence electrons. The smallest absolute Gasteiger partial charge is 0.142 e. The molecule has 5 heteroatoms. The molecule has 0 saturated heterocycles. The highest BCUT2D eigenvalue weighted by Crippen LogP contribution is 2.26. The van der Waals surface area contributed by atoms with Crippen LogP contribution in [-0.2, 0) is 4.84 Å². The van der Waals surface area contributed by atoms with E-state index < -0.39 is 0 Å². The van der Waals surface area contributed by atoms with E-state index in [9.17, 15) is 0 Å². The van der Waals surface area contributed by atoms with E-state index in [1.165, 1.54) is 13.4 Å². The summed E-state index contributed by atoms with van der Waals surface area (Å²) in [6.07, 6.45) is 1.43. The van der Waals surface area contributed by atoms with E-state index in [2.05, 4.69) is 15.4 Å². The maximum atomic E-state index is 5.95. The molecule has 0 spiro atoms. The molecule has 0 atom stereocenters. The quantitative estimate of drug-likeness (QED) is 0.609. The monoisotopic (exact) mass is 209 g/mol. The molecule has 1 heterocycles. The average Bonchev–Trinajstić information content (AvgIpc) is 2.19. The Bertz CT molecular complexity index is 456. The van der Waals surface area contributed by atoms with Crippen LogP contribution in [0.25, 0.3) is 10.9 Å². The SMILES string of the molecule is CONc1cccc2ncnc(Cl)c12. The molecule has 0 aliphatic heterocycles. The first-order chi connectivity index (χ1) is 6.83. The van der Waals surface area contributed by atoms with Gasteiger partial charge in [0.05, 0.1) is 23.7 Å². The van der Waals surface area contributed by atoms with Crippen LogP contribution in [0.2, 0.25) is 5.15 Å². The topological polar surface area (TPSA) is 47.0 Å². The van der Waals surface area contributed by atoms with Gasteiger partial charge in [0.25, 0.3) is 0 Å². The molecule has 4 nitrogen and oxygen atoms in total. The molecule has 0 amide bonds. The minimum Gasteiger partial charge on any atom is -0.279 e. The summed E-state index contributed by atoms with van der Waals surface area (Å²) in [6.45, 7) is 0. The van der Waals surface area contributed by atoms with Crippen LogP contribution in [0.15, 0.2) is 24.5 Å². The lowest BCUT2D eigenvalue weighted by Gasteiger charge is -2.06. The first-order valence-electron chi connectivity index (χ1n) is 4.01. The van der Waals surface area contributed by atoms with Gasteiger partial charge in [0.15, 0.2) is 0 Å². The third kappa shape index (κ3) is 1.49. The Morgan fingerprint density at radius 2 is 2.21 bits per heavy atom.